The predicted octanol–water partition coefficient (Wildman–Crippen LogP) is 3.74. The largest absolute Gasteiger partial charge is 0.508 e. The summed E-state index contributed by atoms with van der Waals surface area (Å²) in [6.45, 7) is 2.35. The minimum Gasteiger partial charge on any atom is -0.508 e. The van der Waals surface area contributed by atoms with Gasteiger partial charge in [0.2, 0.25) is 0 Å². The lowest BCUT2D eigenvalue weighted by Crippen LogP contribution is -2.60. The highest BCUT2D eigenvalue weighted by Gasteiger charge is 2.51. The van der Waals surface area contributed by atoms with Gasteiger partial charge in [-0.25, -0.2) is 0 Å². The minimum atomic E-state index is 0.0135. The van der Waals surface area contributed by atoms with Crippen LogP contribution in [-0.4, -0.2) is 40.9 Å². The number of aliphatic hydroxyl groups is 1. The molecule has 26 heavy (non-hydrogen) atoms. The number of benzene rings is 2. The molecular weight excluding hydrogens is 322 g/mol. The topological polar surface area (TPSA) is 43.7 Å². The van der Waals surface area contributed by atoms with E-state index in [1.54, 1.807) is 6.07 Å². The molecule has 2 N–H and O–H groups in total. The van der Waals surface area contributed by atoms with E-state index in [-0.39, 0.29) is 17.9 Å². The summed E-state index contributed by atoms with van der Waals surface area (Å²) in [7, 11) is 0. The molecule has 2 fully saturated rings. The smallest absolute Gasteiger partial charge is 0.115 e. The van der Waals surface area contributed by atoms with E-state index in [0.717, 1.165) is 32.4 Å². The molecule has 138 valence electrons. The van der Waals surface area contributed by atoms with Crippen LogP contribution in [0.4, 0.5) is 0 Å². The predicted molar refractivity (Wildman–Crippen MR) is 104 cm³/mol. The molecule has 0 radical (unpaired) electrons. The Labute approximate surface area is 156 Å². The lowest BCUT2D eigenvalue weighted by atomic mass is 9.57. The fraction of sp³-hybridized carbons (Fsp3) is 0.478. The number of aliphatic hydroxyl groups excluding tert-OH is 1. The first-order valence-corrected chi connectivity index (χ1v) is 9.91. The Morgan fingerprint density at radius 3 is 2.65 bits per heavy atom. The normalized spacial score (nSPS) is 28.8. The Kier molecular flexibility index (Phi) is 5.01. The number of phenolic OH excluding ortho intramolecular Hbond substituents is 1. The highest BCUT2D eigenvalue weighted by Crippen LogP contribution is 2.51. The van der Waals surface area contributed by atoms with E-state index in [2.05, 4.69) is 41.3 Å². The lowest BCUT2D eigenvalue weighted by Gasteiger charge is -2.56. The van der Waals surface area contributed by atoms with E-state index in [0.29, 0.717) is 11.8 Å². The van der Waals surface area contributed by atoms with Crippen molar-refractivity contribution in [3.05, 3.63) is 65.7 Å². The molecule has 0 unspecified atom stereocenters. The number of aromatic hydroxyl groups is 1. The second-order valence-electron chi connectivity index (χ2n) is 7.98. The first-order chi connectivity index (χ1) is 12.7. The first-order valence-electron chi connectivity index (χ1n) is 9.91. The van der Waals surface area contributed by atoms with Crippen LogP contribution >= 0.6 is 0 Å². The van der Waals surface area contributed by atoms with E-state index in [9.17, 15) is 10.2 Å². The van der Waals surface area contributed by atoms with Gasteiger partial charge >= 0.3 is 0 Å². The summed E-state index contributed by atoms with van der Waals surface area (Å²) in [4.78, 5) is 2.61. The first kappa shape index (κ1) is 17.6. The van der Waals surface area contributed by atoms with Gasteiger partial charge in [0.15, 0.2) is 0 Å². The Morgan fingerprint density at radius 2 is 1.88 bits per heavy atom. The van der Waals surface area contributed by atoms with Crippen LogP contribution in [0.1, 0.15) is 36.8 Å². The maximum Gasteiger partial charge on any atom is 0.115 e. The number of likely N-dealkylation sites (tertiary alicyclic amines) is 1. The van der Waals surface area contributed by atoms with E-state index in [4.69, 9.17) is 0 Å². The zero-order chi connectivity index (χ0) is 18.0. The van der Waals surface area contributed by atoms with E-state index >= 15 is 0 Å². The zero-order valence-corrected chi connectivity index (χ0v) is 15.3. The summed E-state index contributed by atoms with van der Waals surface area (Å²) in [5.41, 5.74) is 2.61. The quantitative estimate of drug-likeness (QED) is 0.862. The number of hydrogen-bond acceptors (Lipinski definition) is 3. The van der Waals surface area contributed by atoms with Crippen LogP contribution in [0.25, 0.3) is 0 Å². The maximum atomic E-state index is 10.3. The molecule has 2 bridgehead atoms. The van der Waals surface area contributed by atoms with Crippen molar-refractivity contribution in [3.8, 4) is 5.75 Å². The molecular formula is C23H29NO2. The third-order valence-corrected chi connectivity index (χ3v) is 6.76. The van der Waals surface area contributed by atoms with Gasteiger partial charge in [-0.1, -0.05) is 48.9 Å². The SMILES string of the molecule is OC[C@H]1[C@@H]2CCC[C@@]1(c1cccc(O)c1)CCN2CCc1ccccc1. The van der Waals surface area contributed by atoms with Crippen LogP contribution in [0.2, 0.25) is 0 Å². The van der Waals surface area contributed by atoms with Crippen molar-refractivity contribution in [1.29, 1.82) is 0 Å². The van der Waals surface area contributed by atoms with Crippen LogP contribution in [0, 0.1) is 5.92 Å². The highest BCUT2D eigenvalue weighted by atomic mass is 16.3. The summed E-state index contributed by atoms with van der Waals surface area (Å²) in [5, 5.41) is 20.3. The molecule has 2 aromatic rings. The summed E-state index contributed by atoms with van der Waals surface area (Å²) in [6.07, 6.45) is 5.60. The van der Waals surface area contributed by atoms with Crippen LogP contribution in [-0.2, 0) is 11.8 Å². The highest BCUT2D eigenvalue weighted by molar-refractivity contribution is 5.35. The molecule has 2 aromatic carbocycles. The van der Waals surface area contributed by atoms with Crippen LogP contribution < -0.4 is 0 Å². The van der Waals surface area contributed by atoms with Gasteiger partial charge < -0.3 is 10.2 Å². The number of nitrogens with zero attached hydrogens (tertiary/aromatic N) is 1. The number of rotatable bonds is 5. The number of fused-ring (bicyclic) bond motifs is 2. The van der Waals surface area contributed by atoms with Gasteiger partial charge in [0.1, 0.15) is 5.75 Å². The molecule has 1 aliphatic heterocycles. The van der Waals surface area contributed by atoms with Gasteiger partial charge in [-0.2, -0.15) is 0 Å². The average Bonchev–Trinajstić information content (AvgIpc) is 2.67. The minimum absolute atomic E-state index is 0.0135. The molecule has 3 nitrogen and oxygen atoms in total. The average molecular weight is 351 g/mol. The van der Waals surface area contributed by atoms with Crippen LogP contribution in [0.15, 0.2) is 54.6 Å². The second kappa shape index (κ2) is 7.42. The Balaban J connectivity index is 1.56. The molecule has 3 heteroatoms. The molecule has 0 spiro atoms. The maximum absolute atomic E-state index is 10.3. The standard InChI is InChI=1S/C23H29NO2/c25-17-21-22-10-5-12-23(21,19-8-4-9-20(26)16-19)13-15-24(22)14-11-18-6-2-1-3-7-18/h1-4,6-9,16,21-22,25-26H,5,10-15,17H2/t21-,22-,23-/m0/s1. The van der Waals surface area contributed by atoms with Crippen molar-refractivity contribution in [2.24, 2.45) is 5.92 Å². The monoisotopic (exact) mass is 351 g/mol. The van der Waals surface area contributed by atoms with Crippen molar-refractivity contribution in [2.75, 3.05) is 19.7 Å². The molecule has 0 amide bonds. The summed E-state index contributed by atoms with van der Waals surface area (Å²) in [6, 6.07) is 18.9. The summed E-state index contributed by atoms with van der Waals surface area (Å²) < 4.78 is 0. The second-order valence-corrected chi connectivity index (χ2v) is 7.98. The molecule has 1 saturated carbocycles. The van der Waals surface area contributed by atoms with Crippen LogP contribution in [0.3, 0.4) is 0 Å². The summed E-state index contributed by atoms with van der Waals surface area (Å²) >= 11 is 0. The molecule has 1 heterocycles. The Morgan fingerprint density at radius 1 is 1.04 bits per heavy atom. The molecule has 1 saturated heterocycles. The van der Waals surface area contributed by atoms with Crippen LogP contribution in [0.5, 0.6) is 5.75 Å². The molecule has 4 rings (SSSR count). The molecule has 0 aromatic heterocycles. The van der Waals surface area contributed by atoms with Crippen molar-refractivity contribution >= 4 is 0 Å². The zero-order valence-electron chi connectivity index (χ0n) is 15.3. The summed E-state index contributed by atoms with van der Waals surface area (Å²) in [5.74, 6) is 0.588. The molecule has 1 aliphatic carbocycles. The van der Waals surface area contributed by atoms with E-state index in [1.807, 2.05) is 12.1 Å². The fourth-order valence-corrected chi connectivity index (χ4v) is 5.45. The molecule has 2 aliphatic rings. The number of piperidine rings is 1. The van der Waals surface area contributed by atoms with Crippen molar-refractivity contribution in [3.63, 3.8) is 0 Å². The van der Waals surface area contributed by atoms with Gasteiger partial charge in [-0.05, 0) is 55.5 Å². The molecule has 3 atom stereocenters. The number of hydrogen-bond donors (Lipinski definition) is 2. The third kappa shape index (κ3) is 3.15. The Hall–Kier alpha value is -1.84. The van der Waals surface area contributed by atoms with Gasteiger partial charge in [0, 0.05) is 30.5 Å². The van der Waals surface area contributed by atoms with Gasteiger partial charge in [-0.15, -0.1) is 0 Å². The van der Waals surface area contributed by atoms with Gasteiger partial charge in [-0.3, -0.25) is 4.90 Å². The van der Waals surface area contributed by atoms with Crippen molar-refractivity contribution < 1.29 is 10.2 Å². The van der Waals surface area contributed by atoms with Gasteiger partial charge in [0.05, 0.1) is 0 Å². The van der Waals surface area contributed by atoms with E-state index in [1.165, 1.54) is 24.0 Å². The lowest BCUT2D eigenvalue weighted by molar-refractivity contribution is -0.0368. The van der Waals surface area contributed by atoms with E-state index < -0.39 is 0 Å². The number of phenols is 1. The van der Waals surface area contributed by atoms with Crippen molar-refractivity contribution in [1.82, 2.24) is 4.90 Å². The third-order valence-electron chi connectivity index (χ3n) is 6.76. The van der Waals surface area contributed by atoms with Crippen molar-refractivity contribution in [2.45, 2.75) is 43.6 Å². The van der Waals surface area contributed by atoms with Gasteiger partial charge in [0.25, 0.3) is 0 Å². The fourth-order valence-electron chi connectivity index (χ4n) is 5.45. The Bertz CT molecular complexity index is 732.